The van der Waals surface area contributed by atoms with Gasteiger partial charge in [-0.3, -0.25) is 19.2 Å². The minimum atomic E-state index is -1.28. The summed E-state index contributed by atoms with van der Waals surface area (Å²) in [5.74, 6) is -4.16. The van der Waals surface area contributed by atoms with Gasteiger partial charge in [-0.2, -0.15) is 12.6 Å². The first kappa shape index (κ1) is 25.7. The number of nitrogens with two attached hydrogens (primary N) is 2. The van der Waals surface area contributed by atoms with Crippen LogP contribution in [0.1, 0.15) is 39.5 Å². The first-order chi connectivity index (χ1) is 14.0. The average molecular weight is 446 g/mol. The number of aliphatic carboxylic acids is 1. The minimum Gasteiger partial charge on any atom is -0.480 e. The number of hydrogen-bond acceptors (Lipinski definition) is 7. The molecule has 0 saturated carbocycles. The van der Waals surface area contributed by atoms with Crippen LogP contribution in [0, 0.1) is 5.92 Å². The fourth-order valence-corrected chi connectivity index (χ4v) is 3.36. The van der Waals surface area contributed by atoms with Crippen molar-refractivity contribution in [2.24, 2.45) is 17.4 Å². The summed E-state index contributed by atoms with van der Waals surface area (Å²) in [5, 5.41) is 14.3. The molecule has 0 aliphatic carbocycles. The number of amides is 4. The van der Waals surface area contributed by atoms with Crippen LogP contribution in [0.4, 0.5) is 0 Å². The summed E-state index contributed by atoms with van der Waals surface area (Å²) >= 11 is 3.93. The van der Waals surface area contributed by atoms with Crippen LogP contribution in [0.15, 0.2) is 0 Å². The maximum atomic E-state index is 13.0. The lowest BCUT2D eigenvalue weighted by Gasteiger charge is -2.30. The number of carbonyl (C=O) groups excluding carboxylic acids is 4. The Morgan fingerprint density at radius 2 is 1.87 bits per heavy atom. The molecular weight excluding hydrogens is 414 g/mol. The van der Waals surface area contributed by atoms with Gasteiger partial charge >= 0.3 is 5.97 Å². The number of rotatable bonds is 11. The summed E-state index contributed by atoms with van der Waals surface area (Å²) in [4.78, 5) is 62.0. The van der Waals surface area contributed by atoms with E-state index < -0.39 is 60.2 Å². The maximum Gasteiger partial charge on any atom is 0.326 e. The lowest BCUT2D eigenvalue weighted by atomic mass is 9.98. The third-order valence-electron chi connectivity index (χ3n) is 5.17. The number of carbonyl (C=O) groups is 5. The zero-order valence-electron chi connectivity index (χ0n) is 17.2. The Labute approximate surface area is 180 Å². The largest absolute Gasteiger partial charge is 0.480 e. The molecule has 1 aliphatic rings. The molecule has 4 amide bonds. The number of likely N-dealkylation sites (tertiary alicyclic amines) is 1. The van der Waals surface area contributed by atoms with E-state index >= 15 is 0 Å². The maximum absolute atomic E-state index is 13.0. The molecule has 1 fully saturated rings. The molecule has 0 bridgehead atoms. The number of carboxylic acid groups (broad SMARTS) is 1. The molecule has 30 heavy (non-hydrogen) atoms. The Morgan fingerprint density at radius 1 is 1.23 bits per heavy atom. The Hall–Kier alpha value is -2.34. The average Bonchev–Trinajstić information content (AvgIpc) is 3.18. The fourth-order valence-electron chi connectivity index (χ4n) is 3.20. The van der Waals surface area contributed by atoms with Gasteiger partial charge in [0.1, 0.15) is 18.1 Å². The second kappa shape index (κ2) is 11.7. The van der Waals surface area contributed by atoms with Crippen molar-refractivity contribution in [1.29, 1.82) is 0 Å². The van der Waals surface area contributed by atoms with Gasteiger partial charge < -0.3 is 32.1 Å². The Kier molecular flexibility index (Phi) is 10.1. The van der Waals surface area contributed by atoms with E-state index in [1.165, 1.54) is 4.90 Å². The van der Waals surface area contributed by atoms with E-state index in [4.69, 9.17) is 11.5 Å². The molecule has 0 aromatic rings. The normalized spacial score (nSPS) is 20.0. The topological polar surface area (TPSA) is 185 Å². The van der Waals surface area contributed by atoms with E-state index in [0.717, 1.165) is 0 Å². The summed E-state index contributed by atoms with van der Waals surface area (Å²) < 4.78 is 0. The molecule has 1 saturated heterocycles. The molecule has 5 unspecified atom stereocenters. The van der Waals surface area contributed by atoms with Crippen molar-refractivity contribution in [1.82, 2.24) is 15.5 Å². The van der Waals surface area contributed by atoms with Gasteiger partial charge in [-0.15, -0.1) is 0 Å². The van der Waals surface area contributed by atoms with Crippen molar-refractivity contribution in [2.75, 3.05) is 12.3 Å². The molecule has 11 nitrogen and oxygen atoms in total. The number of primary amides is 1. The van der Waals surface area contributed by atoms with E-state index in [2.05, 4.69) is 23.3 Å². The molecule has 0 aromatic carbocycles. The third-order valence-corrected chi connectivity index (χ3v) is 5.56. The molecule has 0 aromatic heterocycles. The number of nitrogens with zero attached hydrogens (tertiary/aromatic N) is 1. The molecular formula is C18H31N5O6S. The number of thiol groups is 1. The second-order valence-electron chi connectivity index (χ2n) is 7.42. The van der Waals surface area contributed by atoms with Crippen molar-refractivity contribution in [3.8, 4) is 0 Å². The molecule has 170 valence electrons. The predicted molar refractivity (Wildman–Crippen MR) is 111 cm³/mol. The highest BCUT2D eigenvalue weighted by atomic mass is 32.1. The van der Waals surface area contributed by atoms with Gasteiger partial charge in [0.05, 0.1) is 12.5 Å². The Morgan fingerprint density at radius 3 is 2.37 bits per heavy atom. The van der Waals surface area contributed by atoms with E-state index in [9.17, 15) is 29.1 Å². The molecule has 0 spiro atoms. The van der Waals surface area contributed by atoms with Crippen LogP contribution in [-0.2, 0) is 24.0 Å². The van der Waals surface area contributed by atoms with Gasteiger partial charge in [0.25, 0.3) is 0 Å². The second-order valence-corrected chi connectivity index (χ2v) is 7.79. The molecule has 1 heterocycles. The van der Waals surface area contributed by atoms with Crippen molar-refractivity contribution in [3.05, 3.63) is 0 Å². The zero-order chi connectivity index (χ0) is 23.0. The number of hydrogen-bond donors (Lipinski definition) is 6. The molecule has 1 rings (SSSR count). The smallest absolute Gasteiger partial charge is 0.326 e. The van der Waals surface area contributed by atoms with Crippen LogP contribution in [0.25, 0.3) is 0 Å². The molecule has 0 radical (unpaired) electrons. The summed E-state index contributed by atoms with van der Waals surface area (Å²) in [7, 11) is 0. The molecule has 7 N–H and O–H groups in total. The van der Waals surface area contributed by atoms with Gasteiger partial charge in [-0.05, 0) is 18.8 Å². The zero-order valence-corrected chi connectivity index (χ0v) is 18.1. The van der Waals surface area contributed by atoms with Crippen LogP contribution < -0.4 is 22.1 Å². The highest BCUT2D eigenvalue weighted by molar-refractivity contribution is 7.80. The predicted octanol–water partition coefficient (Wildman–Crippen LogP) is -1.79. The van der Waals surface area contributed by atoms with Crippen LogP contribution in [0.2, 0.25) is 0 Å². The summed E-state index contributed by atoms with van der Waals surface area (Å²) in [6.45, 7) is 3.74. The molecule has 5 atom stereocenters. The van der Waals surface area contributed by atoms with Gasteiger partial charge in [0, 0.05) is 12.3 Å². The van der Waals surface area contributed by atoms with Crippen molar-refractivity contribution in [2.45, 2.75) is 63.7 Å². The SMILES string of the molecule is CCC(C)C(NC(=O)C1CCCN1C(=O)C(CC(N)=O)NC(=O)C(N)CS)C(=O)O. The summed E-state index contributed by atoms with van der Waals surface area (Å²) in [6, 6.07) is -4.26. The van der Waals surface area contributed by atoms with Crippen molar-refractivity contribution < 1.29 is 29.1 Å². The molecule has 1 aliphatic heterocycles. The fraction of sp³-hybridized carbons (Fsp3) is 0.722. The van der Waals surface area contributed by atoms with E-state index in [1.807, 2.05) is 6.92 Å². The summed E-state index contributed by atoms with van der Waals surface area (Å²) in [6.07, 6.45) is 0.929. The first-order valence-corrected chi connectivity index (χ1v) is 10.4. The van der Waals surface area contributed by atoms with Gasteiger partial charge in [0.15, 0.2) is 0 Å². The van der Waals surface area contributed by atoms with E-state index in [-0.39, 0.29) is 18.2 Å². The van der Waals surface area contributed by atoms with E-state index in [0.29, 0.717) is 19.3 Å². The Bertz CT molecular complexity index is 675. The van der Waals surface area contributed by atoms with Crippen LogP contribution >= 0.6 is 12.6 Å². The van der Waals surface area contributed by atoms with Crippen LogP contribution in [-0.4, -0.2) is 76.1 Å². The van der Waals surface area contributed by atoms with Crippen LogP contribution in [0.5, 0.6) is 0 Å². The van der Waals surface area contributed by atoms with Crippen LogP contribution in [0.3, 0.4) is 0 Å². The van der Waals surface area contributed by atoms with Gasteiger partial charge in [0.2, 0.25) is 23.6 Å². The lowest BCUT2D eigenvalue weighted by molar-refractivity contribution is -0.146. The lowest BCUT2D eigenvalue weighted by Crippen LogP contribution is -2.58. The quantitative estimate of drug-likeness (QED) is 0.203. The number of carboxylic acids is 1. The molecule has 12 heteroatoms. The van der Waals surface area contributed by atoms with Crippen molar-refractivity contribution in [3.63, 3.8) is 0 Å². The standard InChI is InChI=1S/C18H31N5O6S/c1-3-9(2)14(18(28)29)22-16(26)12-5-4-6-23(12)17(27)11(7-13(20)24)21-15(25)10(19)8-30/h9-12,14,30H,3-8,19H2,1-2H3,(H2,20,24)(H,21,25)(H,22,26)(H,28,29). The first-order valence-electron chi connectivity index (χ1n) is 9.82. The van der Waals surface area contributed by atoms with Crippen molar-refractivity contribution >= 4 is 42.2 Å². The summed E-state index contributed by atoms with van der Waals surface area (Å²) in [5.41, 5.74) is 10.8. The van der Waals surface area contributed by atoms with E-state index in [1.54, 1.807) is 6.92 Å². The number of nitrogens with one attached hydrogen (secondary N) is 2. The monoisotopic (exact) mass is 445 g/mol. The highest BCUT2D eigenvalue weighted by Gasteiger charge is 2.40. The minimum absolute atomic E-state index is 0.0320. The highest BCUT2D eigenvalue weighted by Crippen LogP contribution is 2.20. The van der Waals surface area contributed by atoms with Gasteiger partial charge in [-0.25, -0.2) is 4.79 Å². The third kappa shape index (κ3) is 6.87. The Balaban J connectivity index is 2.98. The van der Waals surface area contributed by atoms with Gasteiger partial charge in [-0.1, -0.05) is 20.3 Å².